The van der Waals surface area contributed by atoms with Gasteiger partial charge in [-0.05, 0) is 37.4 Å². The Morgan fingerprint density at radius 1 is 1.17 bits per heavy atom. The lowest BCUT2D eigenvalue weighted by molar-refractivity contribution is -0.175. The van der Waals surface area contributed by atoms with Crippen LogP contribution >= 0.6 is 0 Å². The number of fused-ring (bicyclic) bond motifs is 3. The number of nitrogens with two attached hydrogens (primary N) is 1. The highest BCUT2D eigenvalue weighted by Crippen LogP contribution is 2.51. The molecule has 1 aromatic carbocycles. The van der Waals surface area contributed by atoms with E-state index in [2.05, 4.69) is 0 Å². The molecular formula is C25H30FN3O7. The molecule has 0 aliphatic heterocycles. The molecule has 0 heterocycles. The van der Waals surface area contributed by atoms with Crippen LogP contribution in [-0.4, -0.2) is 84.1 Å². The summed E-state index contributed by atoms with van der Waals surface area (Å²) < 4.78 is 12.8. The number of phenolic OH excluding ortho intramolecular Hbond substituents is 1. The van der Waals surface area contributed by atoms with E-state index in [0.29, 0.717) is 16.8 Å². The van der Waals surface area contributed by atoms with Gasteiger partial charge in [0.1, 0.15) is 12.4 Å². The zero-order valence-corrected chi connectivity index (χ0v) is 20.4. The van der Waals surface area contributed by atoms with E-state index in [9.17, 15) is 38.6 Å². The largest absolute Gasteiger partial charge is 0.507 e. The molecule has 0 radical (unpaired) electrons. The standard InChI is InChI=1S/C25H30FN3O7/c1-28(2)15-8-12(10-29(3)5-4-26)20(31)18-14(15)7-11-6-13-9-16(30)19(24(27)35)23(34)25(13,36)22(33)17(11)21(18)32/h8,11,13,17,19,31,36H,4-7,9-10H2,1-3H3,(H2,27,35)/t11-,13+,17?,19?,25+/m1/s1. The van der Waals surface area contributed by atoms with E-state index >= 15 is 0 Å². The molecule has 2 saturated carbocycles. The summed E-state index contributed by atoms with van der Waals surface area (Å²) in [5.41, 5.74) is 4.01. The van der Waals surface area contributed by atoms with Crippen molar-refractivity contribution >= 4 is 34.7 Å². The Hall–Kier alpha value is -3.18. The highest BCUT2D eigenvalue weighted by molar-refractivity contribution is 6.31. The SMILES string of the molecule is CN(CCF)Cc1cc(N(C)C)c2c(c1O)C(=O)C1C(=O)[C@]3(O)C(=O)C(C(N)=O)C(=O)C[C@@H]3C[C@@H]1C2. The molecule has 194 valence electrons. The first-order valence-electron chi connectivity index (χ1n) is 11.8. The average Bonchev–Trinajstić information content (AvgIpc) is 2.77. The van der Waals surface area contributed by atoms with Crippen molar-refractivity contribution < 1.29 is 38.6 Å². The molecule has 11 heteroatoms. The summed E-state index contributed by atoms with van der Waals surface area (Å²) in [6.07, 6.45) is -0.138. The molecule has 10 nitrogen and oxygen atoms in total. The second kappa shape index (κ2) is 9.04. The van der Waals surface area contributed by atoms with Crippen molar-refractivity contribution in [2.24, 2.45) is 29.4 Å². The van der Waals surface area contributed by atoms with Gasteiger partial charge in [-0.1, -0.05) is 0 Å². The lowest BCUT2D eigenvalue weighted by Gasteiger charge is -2.48. The first-order valence-corrected chi connectivity index (χ1v) is 11.8. The Kier molecular flexibility index (Phi) is 6.50. The normalized spacial score (nSPS) is 29.6. The summed E-state index contributed by atoms with van der Waals surface area (Å²) in [5.74, 6) is -10.4. The highest BCUT2D eigenvalue weighted by Gasteiger charge is 2.66. The van der Waals surface area contributed by atoms with Crippen molar-refractivity contribution in [2.75, 3.05) is 39.3 Å². The van der Waals surface area contributed by atoms with Crippen LogP contribution in [0.2, 0.25) is 0 Å². The first-order chi connectivity index (χ1) is 16.8. The molecule has 1 aromatic rings. The van der Waals surface area contributed by atoms with Crippen molar-refractivity contribution in [2.45, 2.75) is 31.4 Å². The van der Waals surface area contributed by atoms with Crippen LogP contribution in [0.1, 0.15) is 34.3 Å². The number of carbonyl (C=O) groups is 5. The van der Waals surface area contributed by atoms with Crippen LogP contribution in [0.4, 0.5) is 10.1 Å². The Balaban J connectivity index is 1.81. The summed E-state index contributed by atoms with van der Waals surface area (Å²) in [4.78, 5) is 68.0. The van der Waals surface area contributed by atoms with Gasteiger partial charge in [0.25, 0.3) is 0 Å². The average molecular weight is 504 g/mol. The number of benzene rings is 1. The van der Waals surface area contributed by atoms with Gasteiger partial charge in [0.15, 0.2) is 34.7 Å². The molecule has 3 aliphatic carbocycles. The van der Waals surface area contributed by atoms with Gasteiger partial charge in [0.2, 0.25) is 5.91 Å². The Bertz CT molecular complexity index is 1180. The fourth-order valence-electron chi connectivity index (χ4n) is 6.10. The fourth-order valence-corrected chi connectivity index (χ4v) is 6.10. The van der Waals surface area contributed by atoms with Crippen LogP contribution in [0.3, 0.4) is 0 Å². The number of anilines is 1. The molecule has 2 unspecified atom stereocenters. The van der Waals surface area contributed by atoms with E-state index in [-0.39, 0.29) is 43.7 Å². The number of hydrogen-bond acceptors (Lipinski definition) is 9. The molecule has 2 fully saturated rings. The molecule has 36 heavy (non-hydrogen) atoms. The summed E-state index contributed by atoms with van der Waals surface area (Å²) in [7, 11) is 5.20. The van der Waals surface area contributed by atoms with Gasteiger partial charge in [0.05, 0.1) is 11.5 Å². The van der Waals surface area contributed by atoms with Gasteiger partial charge in [-0.2, -0.15) is 0 Å². The number of nitrogens with zero attached hydrogens (tertiary/aromatic N) is 2. The van der Waals surface area contributed by atoms with E-state index in [1.54, 1.807) is 37.0 Å². The molecule has 0 bridgehead atoms. The quantitative estimate of drug-likeness (QED) is 0.447. The Labute approximate surface area is 207 Å². The molecule has 5 atom stereocenters. The van der Waals surface area contributed by atoms with E-state index < -0.39 is 65.0 Å². The molecule has 1 amide bonds. The second-order valence-corrected chi connectivity index (χ2v) is 10.3. The maximum absolute atomic E-state index is 13.8. The van der Waals surface area contributed by atoms with Gasteiger partial charge in [0, 0.05) is 50.8 Å². The fraction of sp³-hybridized carbons (Fsp3) is 0.560. The number of halogens is 1. The molecule has 0 aromatic heterocycles. The van der Waals surface area contributed by atoms with Crippen LogP contribution in [-0.2, 0) is 32.1 Å². The summed E-state index contributed by atoms with van der Waals surface area (Å²) >= 11 is 0. The van der Waals surface area contributed by atoms with E-state index in [4.69, 9.17) is 5.73 Å². The number of primary amides is 1. The number of Topliss-reactive ketones (excluding diaryl/α,β-unsaturated/α-hetero) is 4. The zero-order chi connectivity index (χ0) is 26.7. The summed E-state index contributed by atoms with van der Waals surface area (Å²) in [6.45, 7) is -0.337. The lowest BCUT2D eigenvalue weighted by Crippen LogP contribution is -2.68. The number of carbonyl (C=O) groups excluding carboxylic acids is 5. The van der Waals surface area contributed by atoms with E-state index in [0.717, 1.165) is 0 Å². The summed E-state index contributed by atoms with van der Waals surface area (Å²) in [6, 6.07) is 1.72. The number of aromatic hydroxyl groups is 1. The number of ketones is 4. The zero-order valence-electron chi connectivity index (χ0n) is 20.4. The van der Waals surface area contributed by atoms with Gasteiger partial charge < -0.3 is 20.8 Å². The van der Waals surface area contributed by atoms with Gasteiger partial charge >= 0.3 is 0 Å². The molecule has 0 spiro atoms. The second-order valence-electron chi connectivity index (χ2n) is 10.3. The number of phenols is 1. The number of amides is 1. The minimum Gasteiger partial charge on any atom is -0.507 e. The van der Waals surface area contributed by atoms with Crippen LogP contribution in [0.25, 0.3) is 0 Å². The number of aliphatic hydroxyl groups is 1. The maximum atomic E-state index is 13.8. The molecule has 3 aliphatic rings. The van der Waals surface area contributed by atoms with Crippen LogP contribution in [0.5, 0.6) is 5.75 Å². The van der Waals surface area contributed by atoms with Crippen molar-refractivity contribution in [3.05, 3.63) is 22.8 Å². The molecular weight excluding hydrogens is 473 g/mol. The van der Waals surface area contributed by atoms with E-state index in [1.807, 2.05) is 0 Å². The van der Waals surface area contributed by atoms with Crippen molar-refractivity contribution in [3.63, 3.8) is 0 Å². The molecule has 4 N–H and O–H groups in total. The van der Waals surface area contributed by atoms with Crippen molar-refractivity contribution in [3.8, 4) is 5.75 Å². The van der Waals surface area contributed by atoms with Crippen LogP contribution in [0, 0.1) is 23.7 Å². The number of hydrogen-bond donors (Lipinski definition) is 3. The van der Waals surface area contributed by atoms with Crippen molar-refractivity contribution in [1.82, 2.24) is 4.90 Å². The summed E-state index contributed by atoms with van der Waals surface area (Å²) in [5, 5.41) is 22.4. The predicted octanol–water partition coefficient (Wildman–Crippen LogP) is -0.206. The third-order valence-electron chi connectivity index (χ3n) is 7.85. The van der Waals surface area contributed by atoms with Crippen molar-refractivity contribution in [1.29, 1.82) is 0 Å². The monoisotopic (exact) mass is 503 g/mol. The smallest absolute Gasteiger partial charge is 0.235 e. The topological polar surface area (TPSA) is 158 Å². The minimum atomic E-state index is -2.68. The molecule has 0 saturated heterocycles. The minimum absolute atomic E-state index is 0.0374. The number of rotatable bonds is 6. The van der Waals surface area contributed by atoms with Gasteiger partial charge in [-0.25, -0.2) is 4.39 Å². The predicted molar refractivity (Wildman–Crippen MR) is 125 cm³/mol. The van der Waals surface area contributed by atoms with Crippen LogP contribution in [0.15, 0.2) is 6.07 Å². The maximum Gasteiger partial charge on any atom is 0.235 e. The van der Waals surface area contributed by atoms with E-state index in [1.165, 1.54) is 0 Å². The third-order valence-corrected chi connectivity index (χ3v) is 7.85. The Morgan fingerprint density at radius 2 is 1.83 bits per heavy atom. The molecule has 4 rings (SSSR count). The number of alkyl halides is 1. The lowest BCUT2D eigenvalue weighted by atomic mass is 9.53. The first kappa shape index (κ1) is 25.9. The Morgan fingerprint density at radius 3 is 2.42 bits per heavy atom. The third kappa shape index (κ3) is 3.72. The highest BCUT2D eigenvalue weighted by atomic mass is 19.1. The van der Waals surface area contributed by atoms with Gasteiger partial charge in [-0.3, -0.25) is 28.9 Å². The van der Waals surface area contributed by atoms with Crippen LogP contribution < -0.4 is 10.6 Å². The van der Waals surface area contributed by atoms with Gasteiger partial charge in [-0.15, -0.1) is 0 Å².